The van der Waals surface area contributed by atoms with Crippen LogP contribution in [-0.2, 0) is 16.0 Å². The van der Waals surface area contributed by atoms with Crippen LogP contribution in [0, 0.1) is 6.92 Å². The Hall–Kier alpha value is -0.420. The summed E-state index contributed by atoms with van der Waals surface area (Å²) < 4.78 is 4.52. The predicted molar refractivity (Wildman–Crippen MR) is 57.5 cm³/mol. The molecular formula is C8H12BrNO2S. The summed E-state index contributed by atoms with van der Waals surface area (Å²) in [5, 5.41) is 3.01. The molecule has 0 aliphatic heterocycles. The molecule has 13 heavy (non-hydrogen) atoms. The fourth-order valence-corrected chi connectivity index (χ4v) is 1.50. The van der Waals surface area contributed by atoms with Crippen LogP contribution in [0.1, 0.15) is 17.1 Å². The average Bonchev–Trinajstić information content (AvgIpc) is 2.47. The Morgan fingerprint density at radius 3 is 2.85 bits per heavy atom. The number of thiazole rings is 1. The van der Waals surface area contributed by atoms with Crippen molar-refractivity contribution in [3.8, 4) is 0 Å². The molecule has 0 fully saturated rings. The second kappa shape index (κ2) is 6.10. The Balaban J connectivity index is 0.00000144. The third-order valence-electron chi connectivity index (χ3n) is 1.48. The van der Waals surface area contributed by atoms with E-state index in [-0.39, 0.29) is 23.0 Å². The minimum absolute atomic E-state index is 0. The van der Waals surface area contributed by atoms with Gasteiger partial charge >= 0.3 is 5.97 Å². The van der Waals surface area contributed by atoms with Crippen molar-refractivity contribution in [2.75, 3.05) is 7.11 Å². The van der Waals surface area contributed by atoms with Crippen molar-refractivity contribution in [3.63, 3.8) is 0 Å². The summed E-state index contributed by atoms with van der Waals surface area (Å²) in [6.07, 6.45) is 1.09. The smallest absolute Gasteiger partial charge is 0.305 e. The number of carbonyl (C=O) groups is 1. The van der Waals surface area contributed by atoms with Gasteiger partial charge in [0.1, 0.15) is 0 Å². The molecule has 0 unspecified atom stereocenters. The molecule has 0 aliphatic carbocycles. The molecule has 0 aliphatic rings. The lowest BCUT2D eigenvalue weighted by molar-refractivity contribution is -0.140. The maximum Gasteiger partial charge on any atom is 0.305 e. The molecular weight excluding hydrogens is 254 g/mol. The van der Waals surface area contributed by atoms with Crippen LogP contribution in [0.4, 0.5) is 0 Å². The topological polar surface area (TPSA) is 39.2 Å². The quantitative estimate of drug-likeness (QED) is 0.787. The highest BCUT2D eigenvalue weighted by Crippen LogP contribution is 2.09. The van der Waals surface area contributed by atoms with Gasteiger partial charge in [0, 0.05) is 11.8 Å². The van der Waals surface area contributed by atoms with Gasteiger partial charge in [-0.1, -0.05) is 0 Å². The lowest BCUT2D eigenvalue weighted by atomic mass is 10.2. The van der Waals surface area contributed by atoms with Gasteiger partial charge in [-0.3, -0.25) is 4.79 Å². The Labute approximate surface area is 91.9 Å². The first kappa shape index (κ1) is 12.6. The predicted octanol–water partition coefficient (Wildman–Crippen LogP) is 2.14. The number of aryl methyl sites for hydroxylation is 2. The van der Waals surface area contributed by atoms with E-state index < -0.39 is 0 Å². The van der Waals surface area contributed by atoms with Crippen LogP contribution < -0.4 is 0 Å². The number of hydrogen-bond donors (Lipinski definition) is 0. The van der Waals surface area contributed by atoms with Crippen LogP contribution >= 0.6 is 28.3 Å². The Bertz CT molecular complexity index is 275. The summed E-state index contributed by atoms with van der Waals surface area (Å²) in [6, 6.07) is 0. The lowest BCUT2D eigenvalue weighted by Crippen LogP contribution is -2.01. The number of carbonyl (C=O) groups excluding carboxylic acids is 1. The third kappa shape index (κ3) is 4.38. The van der Waals surface area contributed by atoms with Gasteiger partial charge in [-0.05, 0) is 6.92 Å². The van der Waals surface area contributed by atoms with Gasteiger partial charge in [0.05, 0.1) is 24.2 Å². The molecule has 74 valence electrons. The number of methoxy groups -OCH3 is 1. The number of nitrogens with zero attached hydrogens (tertiary/aromatic N) is 1. The van der Waals surface area contributed by atoms with Crippen molar-refractivity contribution in [3.05, 3.63) is 16.1 Å². The Morgan fingerprint density at radius 1 is 1.69 bits per heavy atom. The second-order valence-corrected chi connectivity index (χ2v) is 3.50. The zero-order valence-corrected chi connectivity index (χ0v) is 10.1. The SMILES string of the molecule is Br.COC(=O)CCc1csc(C)n1. The highest BCUT2D eigenvalue weighted by molar-refractivity contribution is 8.93. The maximum absolute atomic E-state index is 10.7. The van der Waals surface area contributed by atoms with Crippen molar-refractivity contribution in [1.82, 2.24) is 4.98 Å². The van der Waals surface area contributed by atoms with E-state index in [1.807, 2.05) is 12.3 Å². The van der Waals surface area contributed by atoms with Crippen molar-refractivity contribution >= 4 is 34.3 Å². The van der Waals surface area contributed by atoms with Gasteiger partial charge in [-0.15, -0.1) is 28.3 Å². The van der Waals surface area contributed by atoms with E-state index in [0.29, 0.717) is 12.8 Å². The van der Waals surface area contributed by atoms with Crippen LogP contribution in [0.2, 0.25) is 0 Å². The molecule has 1 aromatic heterocycles. The summed E-state index contributed by atoms with van der Waals surface area (Å²) in [5.74, 6) is -0.180. The van der Waals surface area contributed by atoms with E-state index in [2.05, 4.69) is 9.72 Å². The molecule has 1 aromatic rings. The molecule has 5 heteroatoms. The van der Waals surface area contributed by atoms with Gasteiger partial charge < -0.3 is 4.74 Å². The number of ether oxygens (including phenoxy) is 1. The first-order valence-corrected chi connectivity index (χ1v) is 4.58. The standard InChI is InChI=1S/C8H11NO2S.BrH/c1-6-9-7(5-12-6)3-4-8(10)11-2;/h5H,3-4H2,1-2H3;1H. The van der Waals surface area contributed by atoms with E-state index in [4.69, 9.17) is 0 Å². The number of halogens is 1. The van der Waals surface area contributed by atoms with Crippen LogP contribution in [0.3, 0.4) is 0 Å². The minimum atomic E-state index is -0.180. The summed E-state index contributed by atoms with van der Waals surface area (Å²) in [5.41, 5.74) is 0.975. The van der Waals surface area contributed by atoms with Crippen molar-refractivity contribution in [2.45, 2.75) is 19.8 Å². The van der Waals surface area contributed by atoms with Crippen LogP contribution in [-0.4, -0.2) is 18.1 Å². The summed E-state index contributed by atoms with van der Waals surface area (Å²) in [6.45, 7) is 1.95. The normalized spacial score (nSPS) is 9.08. The second-order valence-electron chi connectivity index (χ2n) is 2.43. The molecule has 0 bridgehead atoms. The third-order valence-corrected chi connectivity index (χ3v) is 2.30. The summed E-state index contributed by atoms with van der Waals surface area (Å²) in [4.78, 5) is 15.0. The first-order chi connectivity index (χ1) is 5.72. The number of esters is 1. The molecule has 0 saturated heterocycles. The molecule has 0 atom stereocenters. The fraction of sp³-hybridized carbons (Fsp3) is 0.500. The molecule has 0 N–H and O–H groups in total. The van der Waals surface area contributed by atoms with E-state index >= 15 is 0 Å². The molecule has 1 rings (SSSR count). The first-order valence-electron chi connectivity index (χ1n) is 3.70. The van der Waals surface area contributed by atoms with E-state index in [0.717, 1.165) is 10.7 Å². The lowest BCUT2D eigenvalue weighted by Gasteiger charge is -1.95. The average molecular weight is 266 g/mol. The molecule has 0 saturated carbocycles. The monoisotopic (exact) mass is 265 g/mol. The fourth-order valence-electron chi connectivity index (χ4n) is 0.855. The van der Waals surface area contributed by atoms with Gasteiger partial charge in [0.2, 0.25) is 0 Å². The van der Waals surface area contributed by atoms with Gasteiger partial charge in [-0.2, -0.15) is 0 Å². The number of aromatic nitrogens is 1. The molecule has 0 aromatic carbocycles. The Morgan fingerprint density at radius 2 is 2.38 bits per heavy atom. The van der Waals surface area contributed by atoms with E-state index in [9.17, 15) is 4.79 Å². The van der Waals surface area contributed by atoms with Gasteiger partial charge in [0.25, 0.3) is 0 Å². The van der Waals surface area contributed by atoms with Crippen molar-refractivity contribution in [2.24, 2.45) is 0 Å². The molecule has 0 spiro atoms. The maximum atomic E-state index is 10.7. The highest BCUT2D eigenvalue weighted by Gasteiger charge is 2.03. The summed E-state index contributed by atoms with van der Waals surface area (Å²) >= 11 is 1.60. The molecule has 3 nitrogen and oxygen atoms in total. The minimum Gasteiger partial charge on any atom is -0.469 e. The van der Waals surface area contributed by atoms with Crippen LogP contribution in [0.25, 0.3) is 0 Å². The number of rotatable bonds is 3. The zero-order valence-electron chi connectivity index (χ0n) is 7.57. The number of hydrogen-bond acceptors (Lipinski definition) is 4. The van der Waals surface area contributed by atoms with Crippen LogP contribution in [0.15, 0.2) is 5.38 Å². The molecule has 0 radical (unpaired) electrons. The molecule has 0 amide bonds. The Kier molecular flexibility index (Phi) is 5.90. The van der Waals surface area contributed by atoms with E-state index in [1.165, 1.54) is 7.11 Å². The van der Waals surface area contributed by atoms with Crippen molar-refractivity contribution < 1.29 is 9.53 Å². The zero-order chi connectivity index (χ0) is 8.97. The molecule has 1 heterocycles. The largest absolute Gasteiger partial charge is 0.469 e. The van der Waals surface area contributed by atoms with Gasteiger partial charge in [0.15, 0.2) is 0 Å². The van der Waals surface area contributed by atoms with Gasteiger partial charge in [-0.25, -0.2) is 4.98 Å². The summed E-state index contributed by atoms with van der Waals surface area (Å²) in [7, 11) is 1.40. The van der Waals surface area contributed by atoms with Crippen molar-refractivity contribution in [1.29, 1.82) is 0 Å². The highest BCUT2D eigenvalue weighted by atomic mass is 79.9. The van der Waals surface area contributed by atoms with E-state index in [1.54, 1.807) is 11.3 Å². The van der Waals surface area contributed by atoms with Crippen LogP contribution in [0.5, 0.6) is 0 Å².